The van der Waals surface area contributed by atoms with Gasteiger partial charge in [-0.2, -0.15) is 0 Å². The van der Waals surface area contributed by atoms with Crippen molar-refractivity contribution in [2.24, 2.45) is 11.8 Å². The molecule has 2 aromatic carbocycles. The van der Waals surface area contributed by atoms with Crippen molar-refractivity contribution in [3.05, 3.63) is 104 Å². The van der Waals surface area contributed by atoms with Gasteiger partial charge in [-0.3, -0.25) is 28.8 Å². The van der Waals surface area contributed by atoms with Gasteiger partial charge in [0.25, 0.3) is 17.4 Å². The van der Waals surface area contributed by atoms with Crippen LogP contribution in [0.3, 0.4) is 0 Å². The molecule has 13 heteroatoms. The molecular formula is C45H44N4O9. The number of benzene rings is 2. The molecule has 0 saturated heterocycles. The number of esters is 1. The fourth-order valence-corrected chi connectivity index (χ4v) is 8.89. The molecule has 5 heterocycles. The number of aryl methyl sites for hydroxylation is 2. The van der Waals surface area contributed by atoms with Crippen LogP contribution in [0.2, 0.25) is 0 Å². The number of hydrogen-bond donors (Lipinski definition) is 2. The van der Waals surface area contributed by atoms with E-state index in [1.807, 2.05) is 26.0 Å². The number of aromatic nitrogens is 2. The van der Waals surface area contributed by atoms with E-state index in [1.54, 1.807) is 48.7 Å². The van der Waals surface area contributed by atoms with Crippen LogP contribution in [0.4, 0.5) is 5.69 Å². The van der Waals surface area contributed by atoms with E-state index >= 15 is 0 Å². The Labute approximate surface area is 334 Å². The normalized spacial score (nSPS) is 18.9. The number of fused-ring (bicyclic) bond motifs is 5. The van der Waals surface area contributed by atoms with Crippen LogP contribution in [0.25, 0.3) is 22.3 Å². The summed E-state index contributed by atoms with van der Waals surface area (Å²) in [6.45, 7) is 7.15. The Morgan fingerprint density at radius 1 is 0.914 bits per heavy atom. The molecule has 0 unspecified atom stereocenters. The molecule has 298 valence electrons. The molecule has 3 atom stereocenters. The van der Waals surface area contributed by atoms with Crippen LogP contribution in [0.1, 0.15) is 85.9 Å². The molecule has 3 amide bonds. The largest absolute Gasteiger partial charge is 0.458 e. The first-order chi connectivity index (χ1) is 27.7. The zero-order valence-electron chi connectivity index (χ0n) is 32.8. The van der Waals surface area contributed by atoms with E-state index in [1.165, 1.54) is 12.2 Å². The summed E-state index contributed by atoms with van der Waals surface area (Å²) in [4.78, 5) is 97.0. The maximum Gasteiger partial charge on any atom is 0.343 e. The highest BCUT2D eigenvalue weighted by molar-refractivity contribution is 6.28. The predicted octanol–water partition coefficient (Wildman–Crippen LogP) is 4.09. The smallest absolute Gasteiger partial charge is 0.343 e. The maximum absolute atomic E-state index is 13.8. The van der Waals surface area contributed by atoms with Crippen LogP contribution in [-0.4, -0.2) is 56.0 Å². The quantitative estimate of drug-likeness (QED) is 0.138. The Kier molecular flexibility index (Phi) is 9.83. The standard InChI is InChI=1S/C45H44N4O9/c1-5-45(57)34-20-36-41-32(21-48(36)43(55)33(34)22-58-44(45)56)30-8-6-7-29-26(11-14-35(47-41)40(29)30)18-37(51)24(4)46-42(54)31(23(2)3)19-28(50)17-25-9-12-27(13-10-25)49-38(52)15-16-39(49)53/h9-16,20,23-24,31,57H,5-8,17-19,21-22H2,1-4H3,(H,46,54)/t24-,31-,45-/m0/s1. The lowest BCUT2D eigenvalue weighted by Crippen LogP contribution is -2.44. The number of pyridine rings is 2. The van der Waals surface area contributed by atoms with Crippen LogP contribution in [0.5, 0.6) is 0 Å². The van der Waals surface area contributed by atoms with Gasteiger partial charge in [0.05, 0.1) is 40.7 Å². The van der Waals surface area contributed by atoms with Crippen molar-refractivity contribution in [2.75, 3.05) is 4.90 Å². The molecule has 58 heavy (non-hydrogen) atoms. The number of rotatable bonds is 12. The van der Waals surface area contributed by atoms with Crippen LogP contribution >= 0.6 is 0 Å². The fourth-order valence-electron chi connectivity index (χ4n) is 8.89. The molecular weight excluding hydrogens is 741 g/mol. The summed E-state index contributed by atoms with van der Waals surface area (Å²) in [5.41, 5.74) is 5.21. The number of imide groups is 1. The van der Waals surface area contributed by atoms with Crippen molar-refractivity contribution in [1.82, 2.24) is 14.9 Å². The monoisotopic (exact) mass is 784 g/mol. The molecule has 3 aliphatic heterocycles. The van der Waals surface area contributed by atoms with E-state index in [2.05, 4.69) is 5.32 Å². The van der Waals surface area contributed by atoms with Gasteiger partial charge in [0, 0.05) is 53.8 Å². The Balaban J connectivity index is 0.968. The van der Waals surface area contributed by atoms with Gasteiger partial charge in [-0.25, -0.2) is 14.7 Å². The Morgan fingerprint density at radius 2 is 1.62 bits per heavy atom. The number of amides is 3. The summed E-state index contributed by atoms with van der Waals surface area (Å²) in [6.07, 6.45) is 4.95. The highest BCUT2D eigenvalue weighted by atomic mass is 16.6. The number of Topliss-reactive ketones (excluding diaryl/α,β-unsaturated/α-hetero) is 2. The van der Waals surface area contributed by atoms with Gasteiger partial charge in [0.2, 0.25) is 5.91 Å². The first kappa shape index (κ1) is 38.8. The number of nitrogens with zero attached hydrogens (tertiary/aromatic N) is 3. The molecule has 13 nitrogen and oxygen atoms in total. The summed E-state index contributed by atoms with van der Waals surface area (Å²) in [6, 6.07) is 11.3. The van der Waals surface area contributed by atoms with Gasteiger partial charge in [-0.15, -0.1) is 0 Å². The van der Waals surface area contributed by atoms with Crippen molar-refractivity contribution in [3.63, 3.8) is 0 Å². The van der Waals surface area contributed by atoms with Gasteiger partial charge in [-0.1, -0.05) is 39.0 Å². The Bertz CT molecular complexity index is 2550. The fraction of sp³-hybridized carbons (Fsp3) is 0.378. The van der Waals surface area contributed by atoms with Gasteiger partial charge < -0.3 is 19.7 Å². The molecule has 4 aliphatic rings. The van der Waals surface area contributed by atoms with Gasteiger partial charge >= 0.3 is 5.97 Å². The summed E-state index contributed by atoms with van der Waals surface area (Å²) < 4.78 is 6.86. The molecule has 2 N–H and O–H groups in total. The van der Waals surface area contributed by atoms with Crippen molar-refractivity contribution in [2.45, 2.75) is 97.4 Å². The van der Waals surface area contributed by atoms with Crippen molar-refractivity contribution in [1.29, 1.82) is 0 Å². The average molecular weight is 785 g/mol. The third-order valence-electron chi connectivity index (χ3n) is 12.2. The number of ketones is 2. The Hall–Kier alpha value is -6.08. The number of nitrogens with one attached hydrogen (secondary N) is 1. The zero-order valence-corrected chi connectivity index (χ0v) is 32.8. The van der Waals surface area contributed by atoms with Crippen molar-refractivity contribution >= 4 is 51.8 Å². The summed E-state index contributed by atoms with van der Waals surface area (Å²) in [5.74, 6) is -3.15. The SMILES string of the molecule is CC[C@@]1(O)C(=O)OCc2c1cc1n(c2=O)Cc2c-1nc1ccc(CC(=O)[C@H](C)NC(=O)[C@@H](CC(=O)Cc3ccc(N4C(=O)C=CC4=O)cc3)C(C)C)c3c1c2CCC3. The van der Waals surface area contributed by atoms with Gasteiger partial charge in [0.15, 0.2) is 11.4 Å². The van der Waals surface area contributed by atoms with E-state index < -0.39 is 35.3 Å². The topological polar surface area (TPSA) is 182 Å². The molecule has 0 radical (unpaired) electrons. The van der Waals surface area contributed by atoms with Gasteiger partial charge in [-0.05, 0) is 85.0 Å². The lowest BCUT2D eigenvalue weighted by Gasteiger charge is -2.31. The number of ether oxygens (including phenoxy) is 1. The van der Waals surface area contributed by atoms with Crippen molar-refractivity contribution in [3.8, 4) is 11.4 Å². The van der Waals surface area contributed by atoms with E-state index in [-0.39, 0.29) is 72.4 Å². The molecule has 4 aromatic rings. The highest BCUT2D eigenvalue weighted by Gasteiger charge is 2.45. The van der Waals surface area contributed by atoms with Crippen LogP contribution in [-0.2, 0) is 77.9 Å². The highest BCUT2D eigenvalue weighted by Crippen LogP contribution is 2.43. The first-order valence-electron chi connectivity index (χ1n) is 19.8. The van der Waals surface area contributed by atoms with Crippen LogP contribution < -0.4 is 15.8 Å². The molecule has 1 aliphatic carbocycles. The van der Waals surface area contributed by atoms with E-state index in [4.69, 9.17) is 9.72 Å². The lowest BCUT2D eigenvalue weighted by molar-refractivity contribution is -0.172. The first-order valence-corrected chi connectivity index (χ1v) is 19.8. The summed E-state index contributed by atoms with van der Waals surface area (Å²) in [5, 5.41) is 15.1. The number of aliphatic hydroxyl groups is 1. The molecule has 8 rings (SSSR count). The minimum atomic E-state index is -1.91. The second-order valence-corrected chi connectivity index (χ2v) is 16.1. The molecule has 0 spiro atoms. The zero-order chi connectivity index (χ0) is 41.2. The number of anilines is 1. The summed E-state index contributed by atoms with van der Waals surface area (Å²) >= 11 is 0. The molecule has 2 aromatic heterocycles. The van der Waals surface area contributed by atoms with E-state index in [9.17, 15) is 38.7 Å². The second kappa shape index (κ2) is 14.7. The molecule has 0 bridgehead atoms. The number of carbonyl (C=O) groups is 6. The lowest BCUT2D eigenvalue weighted by atomic mass is 9.83. The maximum atomic E-state index is 13.8. The third-order valence-corrected chi connectivity index (χ3v) is 12.2. The summed E-state index contributed by atoms with van der Waals surface area (Å²) in [7, 11) is 0. The average Bonchev–Trinajstić information content (AvgIpc) is 3.75. The minimum absolute atomic E-state index is 0.0158. The third kappa shape index (κ3) is 6.47. The van der Waals surface area contributed by atoms with Crippen molar-refractivity contribution < 1.29 is 38.6 Å². The predicted molar refractivity (Wildman–Crippen MR) is 213 cm³/mol. The Morgan fingerprint density at radius 3 is 2.31 bits per heavy atom. The van der Waals surface area contributed by atoms with E-state index in [0.717, 1.165) is 57.3 Å². The van der Waals surface area contributed by atoms with E-state index in [0.29, 0.717) is 29.2 Å². The minimum Gasteiger partial charge on any atom is -0.458 e. The number of carbonyl (C=O) groups excluding carboxylic acids is 6. The van der Waals surface area contributed by atoms with Crippen LogP contribution in [0.15, 0.2) is 59.4 Å². The number of hydrogen-bond acceptors (Lipinski definition) is 10. The molecule has 0 fully saturated rings. The van der Waals surface area contributed by atoms with Crippen LogP contribution in [0, 0.1) is 11.8 Å². The number of cyclic esters (lactones) is 1. The van der Waals surface area contributed by atoms with Gasteiger partial charge in [0.1, 0.15) is 12.4 Å². The second-order valence-electron chi connectivity index (χ2n) is 16.1. The molecule has 0 saturated carbocycles.